The summed E-state index contributed by atoms with van der Waals surface area (Å²) in [6, 6.07) is 13.7. The highest BCUT2D eigenvalue weighted by atomic mass is 35.5. The number of carbonyl (C=O) groups excluding carboxylic acids is 1. The zero-order valence-corrected chi connectivity index (χ0v) is 22.4. The number of nitro groups is 1. The second-order valence-corrected chi connectivity index (χ2v) is 9.91. The Morgan fingerprint density at radius 1 is 1.18 bits per heavy atom. The Bertz CT molecular complexity index is 1830. The Morgan fingerprint density at radius 3 is 2.59 bits per heavy atom. The summed E-state index contributed by atoms with van der Waals surface area (Å²) in [6.07, 6.45) is 1.54. The van der Waals surface area contributed by atoms with Crippen LogP contribution in [0.2, 0.25) is 5.02 Å². The van der Waals surface area contributed by atoms with E-state index in [0.29, 0.717) is 37.1 Å². The van der Waals surface area contributed by atoms with Gasteiger partial charge in [0.05, 0.1) is 52.6 Å². The van der Waals surface area contributed by atoms with Crippen LogP contribution in [-0.2, 0) is 9.53 Å². The Morgan fingerprint density at radius 2 is 1.92 bits per heavy atom. The minimum absolute atomic E-state index is 0.177. The lowest BCUT2D eigenvalue weighted by atomic mass is 9.96. The van der Waals surface area contributed by atoms with Gasteiger partial charge in [0.2, 0.25) is 0 Å². The maximum atomic E-state index is 13.7. The number of nitrogens with zero attached hydrogens (tertiary/aromatic N) is 3. The van der Waals surface area contributed by atoms with Crippen LogP contribution in [-0.4, -0.2) is 29.7 Å². The van der Waals surface area contributed by atoms with Gasteiger partial charge in [-0.2, -0.15) is 0 Å². The van der Waals surface area contributed by atoms with Gasteiger partial charge in [0.15, 0.2) is 4.80 Å². The fraction of sp³-hybridized carbons (Fsp3) is 0.148. The number of thiazole rings is 1. The second kappa shape index (κ2) is 10.4. The van der Waals surface area contributed by atoms with E-state index in [1.54, 1.807) is 55.5 Å². The lowest BCUT2D eigenvalue weighted by Gasteiger charge is -2.24. The number of benzene rings is 2. The van der Waals surface area contributed by atoms with Crippen LogP contribution in [0, 0.1) is 10.1 Å². The molecule has 0 aliphatic carbocycles. The van der Waals surface area contributed by atoms with Crippen LogP contribution in [0.3, 0.4) is 0 Å². The summed E-state index contributed by atoms with van der Waals surface area (Å²) in [7, 11) is 2.70. The van der Waals surface area contributed by atoms with Gasteiger partial charge in [0.1, 0.15) is 17.3 Å². The predicted molar refractivity (Wildman–Crippen MR) is 145 cm³/mol. The molecule has 0 saturated heterocycles. The molecule has 2 aromatic heterocycles. The summed E-state index contributed by atoms with van der Waals surface area (Å²) in [6.45, 7) is 1.69. The van der Waals surface area contributed by atoms with Gasteiger partial charge in [0.25, 0.3) is 11.2 Å². The maximum Gasteiger partial charge on any atom is 0.338 e. The first-order valence-corrected chi connectivity index (χ1v) is 12.7. The number of ether oxygens (including phenoxy) is 2. The van der Waals surface area contributed by atoms with E-state index in [2.05, 4.69) is 4.99 Å². The highest BCUT2D eigenvalue weighted by molar-refractivity contribution is 7.07. The molecular weight excluding hydrogens is 546 g/mol. The molecule has 2 aromatic carbocycles. The van der Waals surface area contributed by atoms with Crippen LogP contribution in [0.15, 0.2) is 80.1 Å². The molecule has 0 spiro atoms. The summed E-state index contributed by atoms with van der Waals surface area (Å²) in [5.74, 6) is 0.316. The summed E-state index contributed by atoms with van der Waals surface area (Å²) in [4.78, 5) is 42.4. The van der Waals surface area contributed by atoms with Crippen molar-refractivity contribution in [2.75, 3.05) is 14.2 Å². The summed E-state index contributed by atoms with van der Waals surface area (Å²) >= 11 is 7.20. The van der Waals surface area contributed by atoms with E-state index in [1.807, 2.05) is 0 Å². The van der Waals surface area contributed by atoms with Crippen molar-refractivity contribution in [3.8, 4) is 17.1 Å². The molecule has 0 N–H and O–H groups in total. The van der Waals surface area contributed by atoms with E-state index in [1.165, 1.54) is 30.9 Å². The monoisotopic (exact) mass is 565 g/mol. The average molecular weight is 566 g/mol. The Kier molecular flexibility index (Phi) is 6.94. The Balaban J connectivity index is 1.63. The number of aromatic nitrogens is 1. The standard InChI is InChI=1S/C27H20ClN3O7S/c1-14-23(26(33)37-3)24(15-4-6-16(28)7-5-15)30-25(32)22(39-27(30)29-14)13-18-9-11-21(38-18)19-10-8-17(36-2)12-20(19)31(34)35/h4-13,24H,1-3H3/b22-13-/t24-/m0/s1. The zero-order chi connectivity index (χ0) is 27.8. The van der Waals surface area contributed by atoms with Crippen LogP contribution in [0.4, 0.5) is 5.69 Å². The van der Waals surface area contributed by atoms with E-state index < -0.39 is 16.9 Å². The number of fused-ring (bicyclic) bond motifs is 1. The van der Waals surface area contributed by atoms with Gasteiger partial charge in [-0.15, -0.1) is 0 Å². The normalized spacial score (nSPS) is 15.1. The summed E-state index contributed by atoms with van der Waals surface area (Å²) in [5.41, 5.74) is 1.04. The first-order chi connectivity index (χ1) is 18.7. The topological polar surface area (TPSA) is 126 Å². The molecule has 12 heteroatoms. The highest BCUT2D eigenvalue weighted by Crippen LogP contribution is 2.34. The van der Waals surface area contributed by atoms with Crippen LogP contribution in [0.1, 0.15) is 24.3 Å². The van der Waals surface area contributed by atoms with Crippen molar-refractivity contribution in [1.82, 2.24) is 4.57 Å². The van der Waals surface area contributed by atoms with Gasteiger partial charge in [0, 0.05) is 11.1 Å². The van der Waals surface area contributed by atoms with Gasteiger partial charge >= 0.3 is 5.97 Å². The fourth-order valence-corrected chi connectivity index (χ4v) is 5.51. The number of esters is 1. The SMILES string of the molecule is COC(=O)C1=C(C)N=c2s/c(=C\c3ccc(-c4ccc(OC)cc4[N+](=O)[O-])o3)c(=O)n2[C@H]1c1ccc(Cl)cc1. The van der Waals surface area contributed by atoms with Crippen LogP contribution < -0.4 is 19.6 Å². The number of allylic oxidation sites excluding steroid dienone is 1. The first kappa shape index (κ1) is 26.1. The quantitative estimate of drug-likeness (QED) is 0.194. The molecule has 0 saturated carbocycles. The molecule has 0 amide bonds. The number of hydrogen-bond acceptors (Lipinski definition) is 9. The molecule has 0 unspecified atom stereocenters. The molecular formula is C27H20ClN3O7S. The Labute approximate surface area is 229 Å². The van der Waals surface area contributed by atoms with E-state index in [4.69, 9.17) is 25.5 Å². The molecule has 1 aliphatic heterocycles. The minimum atomic E-state index is -0.776. The predicted octanol–water partition coefficient (Wildman–Crippen LogP) is 4.24. The third-order valence-electron chi connectivity index (χ3n) is 6.18. The summed E-state index contributed by atoms with van der Waals surface area (Å²) < 4.78 is 17.7. The molecule has 0 radical (unpaired) electrons. The molecule has 10 nitrogen and oxygen atoms in total. The minimum Gasteiger partial charge on any atom is -0.497 e. The van der Waals surface area contributed by atoms with Crippen molar-refractivity contribution in [3.05, 3.63) is 112 Å². The van der Waals surface area contributed by atoms with Crippen molar-refractivity contribution in [3.63, 3.8) is 0 Å². The summed E-state index contributed by atoms with van der Waals surface area (Å²) in [5, 5.41) is 12.1. The van der Waals surface area contributed by atoms with Gasteiger partial charge in [-0.1, -0.05) is 35.1 Å². The van der Waals surface area contributed by atoms with Gasteiger partial charge in [-0.3, -0.25) is 19.5 Å². The zero-order valence-electron chi connectivity index (χ0n) is 20.8. The number of furan rings is 1. The van der Waals surface area contributed by atoms with Crippen molar-refractivity contribution in [1.29, 1.82) is 0 Å². The maximum absolute atomic E-state index is 13.7. The lowest BCUT2D eigenvalue weighted by molar-refractivity contribution is -0.384. The van der Waals surface area contributed by atoms with Crippen molar-refractivity contribution < 1.29 is 23.6 Å². The van der Waals surface area contributed by atoms with Gasteiger partial charge in [-0.05, 0) is 48.9 Å². The molecule has 39 heavy (non-hydrogen) atoms. The van der Waals surface area contributed by atoms with Crippen molar-refractivity contribution >= 4 is 40.7 Å². The molecule has 0 bridgehead atoms. The van der Waals surface area contributed by atoms with Crippen LogP contribution in [0.5, 0.6) is 5.75 Å². The van der Waals surface area contributed by atoms with Crippen LogP contribution >= 0.6 is 22.9 Å². The second-order valence-electron chi connectivity index (χ2n) is 8.47. The van der Waals surface area contributed by atoms with Crippen molar-refractivity contribution in [2.45, 2.75) is 13.0 Å². The molecule has 198 valence electrons. The molecule has 4 aromatic rings. The average Bonchev–Trinajstić information content (AvgIpc) is 3.51. The van der Waals surface area contributed by atoms with Crippen LogP contribution in [0.25, 0.3) is 17.4 Å². The molecule has 0 fully saturated rings. The molecule has 3 heterocycles. The third kappa shape index (κ3) is 4.77. The smallest absolute Gasteiger partial charge is 0.338 e. The van der Waals surface area contributed by atoms with E-state index in [-0.39, 0.29) is 28.1 Å². The first-order valence-electron chi connectivity index (χ1n) is 11.5. The number of hydrogen-bond donors (Lipinski definition) is 0. The third-order valence-corrected chi connectivity index (χ3v) is 7.41. The van der Waals surface area contributed by atoms with Gasteiger partial charge in [-0.25, -0.2) is 9.79 Å². The van der Waals surface area contributed by atoms with Crippen molar-refractivity contribution in [2.24, 2.45) is 4.99 Å². The fourth-order valence-electron chi connectivity index (χ4n) is 4.36. The van der Waals surface area contributed by atoms with E-state index >= 15 is 0 Å². The molecule has 5 rings (SSSR count). The number of methoxy groups -OCH3 is 2. The number of carbonyl (C=O) groups is 1. The van der Waals surface area contributed by atoms with E-state index in [9.17, 15) is 19.7 Å². The Hall–Kier alpha value is -4.48. The van der Waals surface area contributed by atoms with Gasteiger partial charge < -0.3 is 13.9 Å². The number of rotatable bonds is 6. The molecule has 1 aliphatic rings. The lowest BCUT2D eigenvalue weighted by Crippen LogP contribution is -2.39. The number of halogens is 1. The number of nitro benzene ring substituents is 1. The molecule has 1 atom stereocenters. The van der Waals surface area contributed by atoms with E-state index in [0.717, 1.165) is 11.3 Å². The largest absolute Gasteiger partial charge is 0.497 e. The highest BCUT2D eigenvalue weighted by Gasteiger charge is 2.33.